The van der Waals surface area contributed by atoms with Gasteiger partial charge in [-0.1, -0.05) is 24.9 Å². The van der Waals surface area contributed by atoms with Gasteiger partial charge in [0.05, 0.1) is 0 Å². The summed E-state index contributed by atoms with van der Waals surface area (Å²) < 4.78 is 0. The Labute approximate surface area is 161 Å². The fourth-order valence-electron chi connectivity index (χ4n) is 2.78. The van der Waals surface area contributed by atoms with Gasteiger partial charge in [-0.25, -0.2) is 4.99 Å². The summed E-state index contributed by atoms with van der Waals surface area (Å²) in [5, 5.41) is 7.57. The van der Waals surface area contributed by atoms with Crippen molar-refractivity contribution in [1.29, 1.82) is 0 Å². The van der Waals surface area contributed by atoms with Crippen molar-refractivity contribution in [2.75, 3.05) is 45.2 Å². The highest BCUT2D eigenvalue weighted by molar-refractivity contribution is 6.30. The lowest BCUT2D eigenvalue weighted by Gasteiger charge is -2.21. The summed E-state index contributed by atoms with van der Waals surface area (Å²) in [4.78, 5) is 20.2. The molecule has 1 atom stereocenters. The first-order valence-electron chi connectivity index (χ1n) is 9.25. The van der Waals surface area contributed by atoms with E-state index in [4.69, 9.17) is 11.6 Å². The van der Waals surface area contributed by atoms with Crippen LogP contribution in [0.25, 0.3) is 0 Å². The fourth-order valence-corrected chi connectivity index (χ4v) is 2.91. The Bertz CT molecular complexity index is 602. The number of nitrogens with one attached hydrogen (secondary N) is 2. The van der Waals surface area contributed by atoms with Crippen LogP contribution in [0.3, 0.4) is 0 Å². The quantitative estimate of drug-likeness (QED) is 0.433. The highest BCUT2D eigenvalue weighted by atomic mass is 35.5. The van der Waals surface area contributed by atoms with Crippen molar-refractivity contribution in [3.63, 3.8) is 0 Å². The fraction of sp³-hybridized carbons (Fsp3) is 0.579. The van der Waals surface area contributed by atoms with Crippen LogP contribution in [0.15, 0.2) is 29.3 Å². The molecule has 0 spiro atoms. The Morgan fingerprint density at radius 3 is 2.73 bits per heavy atom. The molecule has 2 N–H and O–H groups in total. The lowest BCUT2D eigenvalue weighted by Crippen LogP contribution is -2.45. The van der Waals surface area contributed by atoms with Crippen LogP contribution < -0.4 is 15.5 Å². The van der Waals surface area contributed by atoms with Crippen LogP contribution in [-0.2, 0) is 4.79 Å². The number of hydrogen-bond donors (Lipinski definition) is 2. The minimum atomic E-state index is -0.00388. The molecule has 1 unspecified atom stereocenters. The Kier molecular flexibility index (Phi) is 8.04. The average Bonchev–Trinajstić information content (AvgIpc) is 3.08. The third kappa shape index (κ3) is 6.41. The maximum atomic E-state index is 11.8. The third-order valence-corrected chi connectivity index (χ3v) is 4.67. The zero-order chi connectivity index (χ0) is 18.9. The number of carbonyl (C=O) groups is 1. The third-order valence-electron chi connectivity index (χ3n) is 4.41. The summed E-state index contributed by atoms with van der Waals surface area (Å²) in [5.74, 6) is 0.715. The number of aliphatic imine (C=N–C) groups is 1. The molecule has 0 bridgehead atoms. The zero-order valence-corrected chi connectivity index (χ0v) is 16.7. The van der Waals surface area contributed by atoms with E-state index in [0.717, 1.165) is 49.9 Å². The molecule has 1 aliphatic heterocycles. The van der Waals surface area contributed by atoms with Crippen LogP contribution in [0.2, 0.25) is 5.02 Å². The molecule has 1 aromatic carbocycles. The molecule has 2 rings (SSSR count). The molecule has 0 aliphatic carbocycles. The molecule has 26 heavy (non-hydrogen) atoms. The summed E-state index contributed by atoms with van der Waals surface area (Å²) in [5.41, 5.74) is 1.18. The Balaban J connectivity index is 1.93. The number of guanidine groups is 1. The number of rotatable bonds is 7. The first-order chi connectivity index (χ1) is 12.5. The van der Waals surface area contributed by atoms with Gasteiger partial charge in [-0.15, -0.1) is 0 Å². The van der Waals surface area contributed by atoms with Crippen molar-refractivity contribution in [1.82, 2.24) is 15.5 Å². The molecule has 1 saturated heterocycles. The highest BCUT2D eigenvalue weighted by Crippen LogP contribution is 2.22. The molecular formula is C19H30ClN5O. The zero-order valence-electron chi connectivity index (χ0n) is 16.0. The van der Waals surface area contributed by atoms with Gasteiger partial charge >= 0.3 is 0 Å². The van der Waals surface area contributed by atoms with Crippen molar-refractivity contribution in [2.24, 2.45) is 4.99 Å². The number of anilines is 1. The molecular weight excluding hydrogens is 350 g/mol. The standard InChI is InChI=1S/C19H30ClN5O/c1-4-5-11-21-19(22-13-18(26)24(2)3)23-16-10-12-25(14-16)17-8-6-15(20)7-9-17/h6-9,16H,4-5,10-14H2,1-3H3,(H2,21,22,23). The van der Waals surface area contributed by atoms with Crippen molar-refractivity contribution in [3.05, 3.63) is 29.3 Å². The monoisotopic (exact) mass is 379 g/mol. The molecule has 6 nitrogen and oxygen atoms in total. The van der Waals surface area contributed by atoms with Crippen LogP contribution in [0, 0.1) is 0 Å². The molecule has 0 aromatic heterocycles. The van der Waals surface area contributed by atoms with Gasteiger partial charge in [-0.2, -0.15) is 0 Å². The van der Waals surface area contributed by atoms with E-state index < -0.39 is 0 Å². The second kappa shape index (κ2) is 10.3. The van der Waals surface area contributed by atoms with Gasteiger partial charge in [0, 0.05) is 50.5 Å². The van der Waals surface area contributed by atoms with E-state index in [0.29, 0.717) is 6.04 Å². The summed E-state index contributed by atoms with van der Waals surface area (Å²) in [6, 6.07) is 8.24. The summed E-state index contributed by atoms with van der Waals surface area (Å²) >= 11 is 5.97. The number of benzene rings is 1. The van der Waals surface area contributed by atoms with E-state index >= 15 is 0 Å². The lowest BCUT2D eigenvalue weighted by atomic mass is 10.2. The van der Waals surface area contributed by atoms with Gasteiger partial charge < -0.3 is 20.4 Å². The largest absolute Gasteiger partial charge is 0.369 e. The number of likely N-dealkylation sites (N-methyl/N-ethyl adjacent to an activating group) is 1. The maximum absolute atomic E-state index is 11.8. The van der Waals surface area contributed by atoms with Gasteiger partial charge in [0.1, 0.15) is 6.54 Å². The van der Waals surface area contributed by atoms with Crippen LogP contribution >= 0.6 is 11.6 Å². The maximum Gasteiger partial charge on any atom is 0.243 e. The van der Waals surface area contributed by atoms with Gasteiger partial charge in [-0.3, -0.25) is 4.79 Å². The minimum absolute atomic E-state index is 0.00388. The molecule has 1 aromatic rings. The normalized spacial score (nSPS) is 17.3. The number of unbranched alkanes of at least 4 members (excludes halogenated alkanes) is 1. The molecule has 0 saturated carbocycles. The molecule has 1 fully saturated rings. The number of halogens is 1. The second-order valence-corrected chi connectivity index (χ2v) is 7.22. The lowest BCUT2D eigenvalue weighted by molar-refractivity contribution is -0.127. The molecule has 144 valence electrons. The van der Waals surface area contributed by atoms with E-state index in [2.05, 4.69) is 39.6 Å². The minimum Gasteiger partial charge on any atom is -0.369 e. The Morgan fingerprint density at radius 1 is 1.35 bits per heavy atom. The highest BCUT2D eigenvalue weighted by Gasteiger charge is 2.23. The van der Waals surface area contributed by atoms with Crippen molar-refractivity contribution >= 4 is 29.2 Å². The van der Waals surface area contributed by atoms with Crippen LogP contribution in [0.1, 0.15) is 26.2 Å². The number of nitrogens with zero attached hydrogens (tertiary/aromatic N) is 3. The topological polar surface area (TPSA) is 60.0 Å². The summed E-state index contributed by atoms with van der Waals surface area (Å²) in [7, 11) is 3.49. The first kappa shape index (κ1) is 20.4. The van der Waals surface area contributed by atoms with Crippen molar-refractivity contribution < 1.29 is 4.79 Å². The number of hydrogen-bond acceptors (Lipinski definition) is 3. The van der Waals surface area contributed by atoms with E-state index in [-0.39, 0.29) is 12.5 Å². The van der Waals surface area contributed by atoms with E-state index in [1.54, 1.807) is 19.0 Å². The van der Waals surface area contributed by atoms with Crippen molar-refractivity contribution in [3.8, 4) is 0 Å². The van der Waals surface area contributed by atoms with E-state index in [1.165, 1.54) is 5.69 Å². The predicted octanol–water partition coefficient (Wildman–Crippen LogP) is 2.34. The average molecular weight is 380 g/mol. The predicted molar refractivity (Wildman–Crippen MR) is 109 cm³/mol. The number of amides is 1. The van der Waals surface area contributed by atoms with Gasteiger partial charge in [0.15, 0.2) is 5.96 Å². The molecule has 0 radical (unpaired) electrons. The summed E-state index contributed by atoms with van der Waals surface area (Å²) in [6.45, 7) is 5.05. The van der Waals surface area contributed by atoms with E-state index in [1.807, 2.05) is 12.1 Å². The van der Waals surface area contributed by atoms with Gasteiger partial charge in [0.25, 0.3) is 0 Å². The number of carbonyl (C=O) groups excluding carboxylic acids is 1. The first-order valence-corrected chi connectivity index (χ1v) is 9.63. The smallest absolute Gasteiger partial charge is 0.243 e. The Hall–Kier alpha value is -1.95. The SMILES string of the molecule is CCCCNC(=NCC(=O)N(C)C)NC1CCN(c2ccc(Cl)cc2)C1. The van der Waals surface area contributed by atoms with Crippen LogP contribution in [0.5, 0.6) is 0 Å². The Morgan fingerprint density at radius 2 is 2.08 bits per heavy atom. The molecule has 1 aliphatic rings. The molecule has 1 heterocycles. The van der Waals surface area contributed by atoms with Crippen molar-refractivity contribution in [2.45, 2.75) is 32.2 Å². The molecule has 1 amide bonds. The summed E-state index contributed by atoms with van der Waals surface area (Å²) in [6.07, 6.45) is 3.22. The second-order valence-electron chi connectivity index (χ2n) is 6.79. The van der Waals surface area contributed by atoms with Crippen LogP contribution in [-0.4, -0.2) is 63.1 Å². The van der Waals surface area contributed by atoms with Gasteiger partial charge in [-0.05, 0) is 37.1 Å². The van der Waals surface area contributed by atoms with E-state index in [9.17, 15) is 4.79 Å². The molecule has 7 heteroatoms. The van der Waals surface area contributed by atoms with Crippen LogP contribution in [0.4, 0.5) is 5.69 Å². The van der Waals surface area contributed by atoms with Gasteiger partial charge in [0.2, 0.25) is 5.91 Å².